The lowest BCUT2D eigenvalue weighted by Gasteiger charge is -2.18. The first-order valence-electron chi connectivity index (χ1n) is 32.2. The van der Waals surface area contributed by atoms with E-state index in [2.05, 4.69) is 118 Å². The van der Waals surface area contributed by atoms with Crippen LogP contribution < -0.4 is 0 Å². The molecule has 0 heterocycles. The Labute approximate surface area is 470 Å². The van der Waals surface area contributed by atoms with E-state index in [-0.39, 0.29) is 31.1 Å². The highest BCUT2D eigenvalue weighted by molar-refractivity contribution is 5.71. The summed E-state index contributed by atoms with van der Waals surface area (Å²) < 4.78 is 16.8. The Morgan fingerprint density at radius 1 is 0.276 bits per heavy atom. The molecule has 0 aliphatic rings. The van der Waals surface area contributed by atoms with Gasteiger partial charge in [-0.2, -0.15) is 0 Å². The standard InChI is InChI=1S/C70H120O6/c1-4-7-10-13-16-19-22-24-25-26-27-28-29-30-31-32-33-34-35-36-37-38-39-40-41-42-43-44-45-46-49-51-54-57-60-63-69(72)75-66-67(65-74-68(71)62-59-56-53-50-47-21-18-15-12-9-6-3)76-70(73)64-61-58-55-52-48-23-20-17-14-11-8-5-2/h7,10,15-20,24-25,27-28,30-31,33-34,67H,4-6,8-9,11-14,21-23,26,29,32,35-66H2,1-3H3/b10-7-,18-15-,19-16-,20-17-,25-24-,28-27-,31-30-,34-33-. The lowest BCUT2D eigenvalue weighted by atomic mass is 10.0. The molecule has 0 N–H and O–H groups in total. The van der Waals surface area contributed by atoms with Crippen molar-refractivity contribution in [3.05, 3.63) is 97.2 Å². The molecular formula is C70H120O6. The van der Waals surface area contributed by atoms with Gasteiger partial charge in [-0.05, 0) is 116 Å². The molecule has 0 rings (SSSR count). The summed E-state index contributed by atoms with van der Waals surface area (Å²) in [5.74, 6) is -0.892. The summed E-state index contributed by atoms with van der Waals surface area (Å²) in [6.45, 7) is 6.46. The van der Waals surface area contributed by atoms with Gasteiger partial charge in [-0.1, -0.05) is 272 Å². The number of allylic oxidation sites excluding steroid dienone is 16. The topological polar surface area (TPSA) is 78.9 Å². The van der Waals surface area contributed by atoms with E-state index in [9.17, 15) is 14.4 Å². The molecule has 0 radical (unpaired) electrons. The maximum Gasteiger partial charge on any atom is 0.306 e. The molecule has 76 heavy (non-hydrogen) atoms. The van der Waals surface area contributed by atoms with Gasteiger partial charge in [0.25, 0.3) is 0 Å². The normalized spacial score (nSPS) is 12.7. The zero-order valence-corrected chi connectivity index (χ0v) is 50.0. The predicted molar refractivity (Wildman–Crippen MR) is 330 cm³/mol. The summed E-state index contributed by atoms with van der Waals surface area (Å²) in [5.41, 5.74) is 0. The van der Waals surface area contributed by atoms with Crippen LogP contribution in [0.25, 0.3) is 0 Å². The van der Waals surface area contributed by atoms with E-state index in [1.54, 1.807) is 0 Å². The molecule has 1 unspecified atom stereocenters. The van der Waals surface area contributed by atoms with Crippen LogP contribution in [0.1, 0.15) is 310 Å². The zero-order chi connectivity index (χ0) is 55.0. The third-order valence-corrected chi connectivity index (χ3v) is 13.8. The zero-order valence-electron chi connectivity index (χ0n) is 50.0. The molecular weight excluding hydrogens is 937 g/mol. The first-order chi connectivity index (χ1) is 37.5. The third-order valence-electron chi connectivity index (χ3n) is 13.8. The van der Waals surface area contributed by atoms with Gasteiger partial charge in [0, 0.05) is 19.3 Å². The van der Waals surface area contributed by atoms with Crippen LogP contribution in [0.15, 0.2) is 97.2 Å². The quantitative estimate of drug-likeness (QED) is 0.0261. The monoisotopic (exact) mass is 1060 g/mol. The van der Waals surface area contributed by atoms with Crippen LogP contribution in [-0.2, 0) is 28.6 Å². The van der Waals surface area contributed by atoms with E-state index in [0.717, 1.165) is 116 Å². The molecule has 0 saturated carbocycles. The fourth-order valence-electron chi connectivity index (χ4n) is 8.95. The number of esters is 3. The van der Waals surface area contributed by atoms with Crippen LogP contribution in [-0.4, -0.2) is 37.2 Å². The Morgan fingerprint density at radius 2 is 0.526 bits per heavy atom. The number of hydrogen-bond donors (Lipinski definition) is 0. The Bertz CT molecular complexity index is 1490. The van der Waals surface area contributed by atoms with Crippen molar-refractivity contribution >= 4 is 17.9 Å². The van der Waals surface area contributed by atoms with E-state index in [1.807, 2.05) is 0 Å². The van der Waals surface area contributed by atoms with Crippen LogP contribution in [0.4, 0.5) is 0 Å². The molecule has 0 aliphatic heterocycles. The number of ether oxygens (including phenoxy) is 3. The predicted octanol–water partition coefficient (Wildman–Crippen LogP) is 22.0. The smallest absolute Gasteiger partial charge is 0.306 e. The maximum atomic E-state index is 12.8. The average molecular weight is 1060 g/mol. The van der Waals surface area contributed by atoms with E-state index in [4.69, 9.17) is 14.2 Å². The van der Waals surface area contributed by atoms with Crippen LogP contribution in [0.5, 0.6) is 0 Å². The lowest BCUT2D eigenvalue weighted by Crippen LogP contribution is -2.30. The molecule has 6 nitrogen and oxygen atoms in total. The Balaban J connectivity index is 4.06. The minimum Gasteiger partial charge on any atom is -0.462 e. The van der Waals surface area contributed by atoms with Crippen molar-refractivity contribution < 1.29 is 28.6 Å². The minimum atomic E-state index is -0.782. The van der Waals surface area contributed by atoms with E-state index in [0.29, 0.717) is 19.3 Å². The van der Waals surface area contributed by atoms with Crippen LogP contribution in [0.3, 0.4) is 0 Å². The Hall–Kier alpha value is -3.67. The largest absolute Gasteiger partial charge is 0.462 e. The number of rotatable bonds is 58. The van der Waals surface area contributed by atoms with Crippen molar-refractivity contribution in [3.63, 3.8) is 0 Å². The number of carbonyl (C=O) groups excluding carboxylic acids is 3. The van der Waals surface area contributed by atoms with Gasteiger partial charge in [0.2, 0.25) is 0 Å². The van der Waals surface area contributed by atoms with Crippen molar-refractivity contribution in [2.75, 3.05) is 13.2 Å². The fraction of sp³-hybridized carbons (Fsp3) is 0.729. The fourth-order valence-corrected chi connectivity index (χ4v) is 8.95. The second-order valence-corrected chi connectivity index (χ2v) is 21.3. The van der Waals surface area contributed by atoms with Crippen LogP contribution in [0.2, 0.25) is 0 Å². The van der Waals surface area contributed by atoms with E-state index in [1.165, 1.54) is 154 Å². The first kappa shape index (κ1) is 72.3. The summed E-state index contributed by atoms with van der Waals surface area (Å²) in [7, 11) is 0. The molecule has 0 aliphatic carbocycles. The molecule has 1 atom stereocenters. The third kappa shape index (κ3) is 61.2. The summed E-state index contributed by atoms with van der Waals surface area (Å²) in [6, 6.07) is 0. The second kappa shape index (κ2) is 63.9. The summed E-state index contributed by atoms with van der Waals surface area (Å²) in [4.78, 5) is 38.1. The van der Waals surface area contributed by atoms with Crippen LogP contribution in [0, 0.1) is 0 Å². The second-order valence-electron chi connectivity index (χ2n) is 21.3. The van der Waals surface area contributed by atoms with Gasteiger partial charge < -0.3 is 14.2 Å². The SMILES string of the molecule is CC/C=C\C/C=C\C/C=C\C/C=C\C/C=C\C/C=C\CCCCCCCCCCCCCCCCCCC(=O)OCC(COC(=O)CCCCCCC/C=C\CCCC)OC(=O)CCCCCCC/C=C\CCCCC. The molecule has 0 aromatic carbocycles. The highest BCUT2D eigenvalue weighted by Gasteiger charge is 2.19. The summed E-state index contributed by atoms with van der Waals surface area (Å²) in [6.07, 6.45) is 85.8. The van der Waals surface area contributed by atoms with Gasteiger partial charge >= 0.3 is 17.9 Å². The highest BCUT2D eigenvalue weighted by Crippen LogP contribution is 2.16. The Morgan fingerprint density at radius 3 is 0.855 bits per heavy atom. The molecule has 0 aromatic heterocycles. The van der Waals surface area contributed by atoms with Crippen molar-refractivity contribution in [3.8, 4) is 0 Å². The van der Waals surface area contributed by atoms with E-state index >= 15 is 0 Å². The van der Waals surface area contributed by atoms with Gasteiger partial charge in [0.05, 0.1) is 0 Å². The van der Waals surface area contributed by atoms with Crippen molar-refractivity contribution in [1.29, 1.82) is 0 Å². The van der Waals surface area contributed by atoms with Gasteiger partial charge in [-0.15, -0.1) is 0 Å². The molecule has 436 valence electrons. The molecule has 0 amide bonds. The highest BCUT2D eigenvalue weighted by atomic mass is 16.6. The van der Waals surface area contributed by atoms with Crippen molar-refractivity contribution in [2.24, 2.45) is 0 Å². The molecule has 0 spiro atoms. The maximum absolute atomic E-state index is 12.8. The summed E-state index contributed by atoms with van der Waals surface area (Å²) in [5, 5.41) is 0. The number of unbranched alkanes of at least 4 members (excludes halogenated alkanes) is 31. The minimum absolute atomic E-state index is 0.0803. The first-order valence-corrected chi connectivity index (χ1v) is 32.2. The number of carbonyl (C=O) groups is 3. The Kier molecular flexibility index (Phi) is 60.8. The van der Waals surface area contributed by atoms with Gasteiger partial charge in [-0.3, -0.25) is 14.4 Å². The van der Waals surface area contributed by atoms with Crippen molar-refractivity contribution in [1.82, 2.24) is 0 Å². The van der Waals surface area contributed by atoms with E-state index < -0.39 is 6.10 Å². The molecule has 0 bridgehead atoms. The average Bonchev–Trinajstić information content (AvgIpc) is 3.42. The van der Waals surface area contributed by atoms with Crippen molar-refractivity contribution in [2.45, 2.75) is 316 Å². The van der Waals surface area contributed by atoms with Crippen LogP contribution >= 0.6 is 0 Å². The van der Waals surface area contributed by atoms with Gasteiger partial charge in [0.1, 0.15) is 13.2 Å². The summed E-state index contributed by atoms with van der Waals surface area (Å²) >= 11 is 0. The molecule has 0 fully saturated rings. The molecule has 6 heteroatoms. The number of hydrogen-bond acceptors (Lipinski definition) is 6. The lowest BCUT2D eigenvalue weighted by molar-refractivity contribution is -0.167. The van der Waals surface area contributed by atoms with Gasteiger partial charge in [-0.25, -0.2) is 0 Å². The van der Waals surface area contributed by atoms with Gasteiger partial charge in [0.15, 0.2) is 6.10 Å². The molecule has 0 aromatic rings. The molecule has 0 saturated heterocycles.